The van der Waals surface area contributed by atoms with Crippen molar-refractivity contribution in [3.05, 3.63) is 78.1 Å². The number of carbonyl (C=O) groups is 2. The third-order valence-corrected chi connectivity index (χ3v) is 6.66. The number of aryl methyl sites for hydroxylation is 1. The number of benzene rings is 1. The van der Waals surface area contributed by atoms with Gasteiger partial charge >= 0.3 is 0 Å². The molecular weight excluding hydrogens is 466 g/mol. The second kappa shape index (κ2) is 9.50. The van der Waals surface area contributed by atoms with E-state index in [1.807, 2.05) is 37.3 Å². The van der Waals surface area contributed by atoms with E-state index in [1.54, 1.807) is 24.7 Å². The van der Waals surface area contributed by atoms with Crippen molar-refractivity contribution in [1.82, 2.24) is 25.1 Å². The monoisotopic (exact) mass is 491 g/mol. The highest BCUT2D eigenvalue weighted by molar-refractivity contribution is 6.03. The van der Waals surface area contributed by atoms with Crippen molar-refractivity contribution >= 4 is 23.3 Å². The van der Waals surface area contributed by atoms with E-state index in [9.17, 15) is 9.59 Å². The summed E-state index contributed by atoms with van der Waals surface area (Å²) in [6, 6.07) is 11.3. The molecule has 2 saturated carbocycles. The summed E-state index contributed by atoms with van der Waals surface area (Å²) >= 11 is 0. The van der Waals surface area contributed by atoms with Crippen LogP contribution in [0.1, 0.15) is 53.2 Å². The molecule has 0 unspecified atom stereocenters. The molecule has 1 aromatic carbocycles. The Morgan fingerprint density at radius 1 is 0.892 bits per heavy atom. The van der Waals surface area contributed by atoms with Gasteiger partial charge in [0.1, 0.15) is 12.1 Å². The Morgan fingerprint density at radius 3 is 2.54 bits per heavy atom. The molecule has 6 rings (SSSR count). The van der Waals surface area contributed by atoms with E-state index in [1.165, 1.54) is 6.33 Å². The minimum atomic E-state index is -0.293. The van der Waals surface area contributed by atoms with Gasteiger partial charge in [0, 0.05) is 41.2 Å². The van der Waals surface area contributed by atoms with Crippen LogP contribution in [-0.2, 0) is 4.79 Å². The van der Waals surface area contributed by atoms with Gasteiger partial charge in [-0.1, -0.05) is 6.07 Å². The Morgan fingerprint density at radius 2 is 1.73 bits per heavy atom. The van der Waals surface area contributed by atoms with Gasteiger partial charge < -0.3 is 10.6 Å². The Hall–Kier alpha value is -4.53. The van der Waals surface area contributed by atoms with Crippen molar-refractivity contribution in [2.24, 2.45) is 5.92 Å². The molecule has 2 amide bonds. The Bertz CT molecular complexity index is 1510. The molecule has 0 spiro atoms. The van der Waals surface area contributed by atoms with Crippen LogP contribution in [-0.4, -0.2) is 37.0 Å². The number of amides is 2. The highest BCUT2D eigenvalue weighted by atomic mass is 16.2. The minimum Gasteiger partial charge on any atom is -0.321 e. The van der Waals surface area contributed by atoms with E-state index < -0.39 is 0 Å². The van der Waals surface area contributed by atoms with Crippen molar-refractivity contribution < 1.29 is 9.59 Å². The molecule has 2 aliphatic rings. The number of nitrogens with one attached hydrogen (secondary N) is 2. The summed E-state index contributed by atoms with van der Waals surface area (Å²) in [6.07, 6.45) is 10.8. The zero-order valence-electron chi connectivity index (χ0n) is 20.3. The predicted octanol–water partition coefficient (Wildman–Crippen LogP) is 4.78. The molecule has 0 radical (unpaired) electrons. The van der Waals surface area contributed by atoms with Crippen LogP contribution in [0.3, 0.4) is 0 Å². The van der Waals surface area contributed by atoms with Gasteiger partial charge in [-0.05, 0) is 79.5 Å². The van der Waals surface area contributed by atoms with Crippen molar-refractivity contribution in [2.45, 2.75) is 38.5 Å². The Labute approximate surface area is 213 Å². The topological polar surface area (TPSA) is 123 Å². The van der Waals surface area contributed by atoms with E-state index in [0.717, 1.165) is 53.5 Å². The van der Waals surface area contributed by atoms with Crippen LogP contribution in [0.2, 0.25) is 0 Å². The average molecular weight is 492 g/mol. The lowest BCUT2D eigenvalue weighted by Crippen LogP contribution is -2.14. The largest absolute Gasteiger partial charge is 0.321 e. The highest BCUT2D eigenvalue weighted by Crippen LogP contribution is 2.39. The standard InChI is InChI=1S/C28H25N7O2/c1-16-2-7-22(33-28(37)25-9-19(14-32-35-25)17-3-4-17)10-23(16)20-8-21(13-29-12-20)24-11-26(31-15-30-24)34-27(36)18-5-6-18/h2,7-15,17-18H,3-6H2,1H3,(H,33,37)(H,30,31,34,36). The van der Waals surface area contributed by atoms with E-state index in [2.05, 4.69) is 35.8 Å². The van der Waals surface area contributed by atoms with Gasteiger partial charge in [0.05, 0.1) is 11.9 Å². The molecule has 0 aliphatic heterocycles. The summed E-state index contributed by atoms with van der Waals surface area (Å²) < 4.78 is 0. The van der Waals surface area contributed by atoms with E-state index in [0.29, 0.717) is 28.8 Å². The number of hydrogen-bond acceptors (Lipinski definition) is 7. The van der Waals surface area contributed by atoms with Crippen LogP contribution in [0.25, 0.3) is 22.4 Å². The zero-order chi connectivity index (χ0) is 25.4. The second-order valence-electron chi connectivity index (χ2n) is 9.65. The fourth-order valence-electron chi connectivity index (χ4n) is 4.22. The molecule has 3 aromatic heterocycles. The first-order valence-corrected chi connectivity index (χ1v) is 12.4. The molecule has 3 heterocycles. The molecule has 0 saturated heterocycles. The summed E-state index contributed by atoms with van der Waals surface area (Å²) in [4.78, 5) is 38.0. The van der Waals surface area contributed by atoms with Crippen molar-refractivity contribution in [3.8, 4) is 22.4 Å². The van der Waals surface area contributed by atoms with Crippen molar-refractivity contribution in [3.63, 3.8) is 0 Å². The molecule has 0 bridgehead atoms. The first-order chi connectivity index (χ1) is 18.0. The maximum atomic E-state index is 12.9. The fourth-order valence-corrected chi connectivity index (χ4v) is 4.22. The van der Waals surface area contributed by atoms with Crippen LogP contribution in [0.5, 0.6) is 0 Å². The highest BCUT2D eigenvalue weighted by Gasteiger charge is 2.30. The summed E-state index contributed by atoms with van der Waals surface area (Å²) in [7, 11) is 0. The quantitative estimate of drug-likeness (QED) is 0.381. The maximum Gasteiger partial charge on any atom is 0.276 e. The molecule has 2 N–H and O–H groups in total. The molecule has 37 heavy (non-hydrogen) atoms. The van der Waals surface area contributed by atoms with Gasteiger partial charge in [0.2, 0.25) is 5.91 Å². The van der Waals surface area contributed by atoms with Crippen molar-refractivity contribution in [1.29, 1.82) is 0 Å². The van der Waals surface area contributed by atoms with Crippen LogP contribution < -0.4 is 10.6 Å². The third kappa shape index (κ3) is 5.20. The maximum absolute atomic E-state index is 12.9. The summed E-state index contributed by atoms with van der Waals surface area (Å²) in [5.74, 6) is 0.762. The summed E-state index contributed by atoms with van der Waals surface area (Å²) in [5, 5.41) is 13.8. The first-order valence-electron chi connectivity index (χ1n) is 12.4. The normalized spacial score (nSPS) is 14.7. The predicted molar refractivity (Wildman–Crippen MR) is 139 cm³/mol. The fraction of sp³-hybridized carbons (Fsp3) is 0.250. The van der Waals surface area contributed by atoms with E-state index in [4.69, 9.17) is 0 Å². The van der Waals surface area contributed by atoms with Gasteiger partial charge in [-0.15, -0.1) is 5.10 Å². The van der Waals surface area contributed by atoms with Crippen LogP contribution >= 0.6 is 0 Å². The van der Waals surface area contributed by atoms with Crippen molar-refractivity contribution in [2.75, 3.05) is 10.6 Å². The van der Waals surface area contributed by atoms with E-state index >= 15 is 0 Å². The molecule has 184 valence electrons. The molecule has 2 aliphatic carbocycles. The molecule has 0 atom stereocenters. The smallest absolute Gasteiger partial charge is 0.276 e. The molecule has 9 nitrogen and oxygen atoms in total. The second-order valence-corrected chi connectivity index (χ2v) is 9.65. The lowest BCUT2D eigenvalue weighted by atomic mass is 9.99. The number of anilines is 2. The molecule has 2 fully saturated rings. The lowest BCUT2D eigenvalue weighted by Gasteiger charge is -2.12. The average Bonchev–Trinajstić information content (AvgIpc) is 3.83. The molecule has 9 heteroatoms. The zero-order valence-corrected chi connectivity index (χ0v) is 20.3. The molecule has 4 aromatic rings. The Kier molecular flexibility index (Phi) is 5.88. The van der Waals surface area contributed by atoms with Crippen LogP contribution in [0.15, 0.2) is 61.3 Å². The first kappa shape index (κ1) is 22.9. The summed E-state index contributed by atoms with van der Waals surface area (Å²) in [6.45, 7) is 2.01. The van der Waals surface area contributed by atoms with E-state index in [-0.39, 0.29) is 17.7 Å². The lowest BCUT2D eigenvalue weighted by molar-refractivity contribution is -0.117. The SMILES string of the molecule is Cc1ccc(NC(=O)c2cc(C3CC3)cnn2)cc1-c1cncc(-c2cc(NC(=O)C3CC3)ncn2)c1. The van der Waals surface area contributed by atoms with Gasteiger partial charge in [-0.25, -0.2) is 9.97 Å². The number of carbonyl (C=O) groups excluding carboxylic acids is 2. The summed E-state index contributed by atoms with van der Waals surface area (Å²) in [5.41, 5.74) is 6.32. The van der Waals surface area contributed by atoms with Gasteiger partial charge in [0.25, 0.3) is 5.91 Å². The third-order valence-electron chi connectivity index (χ3n) is 6.66. The number of aromatic nitrogens is 5. The number of rotatable bonds is 7. The Balaban J connectivity index is 1.24. The minimum absolute atomic E-state index is 0.00346. The van der Waals surface area contributed by atoms with Gasteiger partial charge in [0.15, 0.2) is 5.69 Å². The van der Waals surface area contributed by atoms with Gasteiger partial charge in [-0.3, -0.25) is 14.6 Å². The number of nitrogens with zero attached hydrogens (tertiary/aromatic N) is 5. The van der Waals surface area contributed by atoms with Crippen LogP contribution in [0, 0.1) is 12.8 Å². The number of pyridine rings is 1. The van der Waals surface area contributed by atoms with Gasteiger partial charge in [-0.2, -0.15) is 5.10 Å². The van der Waals surface area contributed by atoms with Crippen LogP contribution in [0.4, 0.5) is 11.5 Å². The molecular formula is C28H25N7O2. The number of hydrogen-bond donors (Lipinski definition) is 2.